The zero-order valence-corrected chi connectivity index (χ0v) is 8.18. The van der Waals surface area contributed by atoms with E-state index in [2.05, 4.69) is 16.0 Å². The lowest BCUT2D eigenvalue weighted by atomic mass is 10.2. The first kappa shape index (κ1) is 11.8. The minimum absolute atomic E-state index is 0.329. The Hall–Kier alpha value is -1.17. The monoisotopic (exact) mass is 188 g/mol. The van der Waals surface area contributed by atoms with Gasteiger partial charge in [-0.05, 0) is 20.8 Å². The number of hydrazine groups is 1. The van der Waals surface area contributed by atoms with Crippen molar-refractivity contribution in [2.24, 2.45) is 5.11 Å². The van der Waals surface area contributed by atoms with Crippen LogP contribution in [0.25, 0.3) is 0 Å². The van der Waals surface area contributed by atoms with E-state index in [4.69, 9.17) is 10.3 Å². The molecule has 0 aliphatic carbocycles. The number of hydrogen-bond acceptors (Lipinski definition) is 5. The molecule has 0 heterocycles. The smallest absolute Gasteiger partial charge is 0.422 e. The molecule has 1 amide bonds. The predicted octanol–water partition coefficient (Wildman–Crippen LogP) is 1.05. The molecule has 0 aromatic rings. The lowest BCUT2D eigenvalue weighted by molar-refractivity contribution is 0.0499. The Balaban J connectivity index is 3.47. The van der Waals surface area contributed by atoms with Crippen LogP contribution in [0.5, 0.6) is 0 Å². The second-order valence-electron chi connectivity index (χ2n) is 3.44. The highest BCUT2D eigenvalue weighted by molar-refractivity contribution is 5.66. The van der Waals surface area contributed by atoms with Crippen LogP contribution in [0, 0.1) is 5.53 Å². The number of amides is 1. The Morgan fingerprint density at radius 1 is 1.54 bits per heavy atom. The maximum atomic E-state index is 10.9. The van der Waals surface area contributed by atoms with Gasteiger partial charge in [-0.1, -0.05) is 0 Å². The summed E-state index contributed by atoms with van der Waals surface area (Å²) in [4.78, 5) is 10.9. The molecule has 0 rings (SSSR count). The van der Waals surface area contributed by atoms with Crippen LogP contribution in [0.1, 0.15) is 20.8 Å². The highest BCUT2D eigenvalue weighted by Crippen LogP contribution is 2.05. The quantitative estimate of drug-likeness (QED) is 0.350. The standard InChI is InChI=1S/C7H16N4O2/c1-7(2,3)13-6(12)11-10-5-4-9-8/h8,10H,4-5H2,1-3H3,(H,11,12). The maximum Gasteiger partial charge on any atom is 0.422 e. The Kier molecular flexibility index (Phi) is 4.98. The van der Waals surface area contributed by atoms with Gasteiger partial charge in [-0.15, -0.1) is 0 Å². The zero-order valence-electron chi connectivity index (χ0n) is 8.18. The largest absolute Gasteiger partial charge is 0.443 e. The van der Waals surface area contributed by atoms with Gasteiger partial charge in [-0.25, -0.2) is 15.8 Å². The molecule has 6 nitrogen and oxygen atoms in total. The fourth-order valence-electron chi connectivity index (χ4n) is 0.550. The Morgan fingerprint density at radius 2 is 2.15 bits per heavy atom. The topological polar surface area (TPSA) is 86.6 Å². The second-order valence-corrected chi connectivity index (χ2v) is 3.44. The number of carbonyl (C=O) groups excluding carboxylic acids is 1. The van der Waals surface area contributed by atoms with Gasteiger partial charge in [0.2, 0.25) is 0 Å². The molecule has 0 radical (unpaired) electrons. The molecule has 76 valence electrons. The van der Waals surface area contributed by atoms with Crippen molar-refractivity contribution in [2.75, 3.05) is 13.1 Å². The van der Waals surface area contributed by atoms with Crippen LogP contribution in [0.2, 0.25) is 0 Å². The van der Waals surface area contributed by atoms with E-state index in [1.165, 1.54) is 0 Å². The van der Waals surface area contributed by atoms with Crippen molar-refractivity contribution in [1.29, 1.82) is 5.53 Å². The van der Waals surface area contributed by atoms with Crippen molar-refractivity contribution in [3.8, 4) is 0 Å². The normalized spacial score (nSPS) is 10.7. The third-order valence-electron chi connectivity index (χ3n) is 0.938. The molecule has 0 aliphatic rings. The molecule has 0 aromatic carbocycles. The summed E-state index contributed by atoms with van der Waals surface area (Å²) in [7, 11) is 0. The van der Waals surface area contributed by atoms with Crippen molar-refractivity contribution < 1.29 is 9.53 Å². The Bertz CT molecular complexity index is 176. The van der Waals surface area contributed by atoms with Crippen LogP contribution in [-0.2, 0) is 4.74 Å². The number of nitrogens with zero attached hydrogens (tertiary/aromatic N) is 1. The fourth-order valence-corrected chi connectivity index (χ4v) is 0.550. The summed E-state index contributed by atoms with van der Waals surface area (Å²) >= 11 is 0. The van der Waals surface area contributed by atoms with Crippen LogP contribution in [0.3, 0.4) is 0 Å². The Morgan fingerprint density at radius 3 is 2.62 bits per heavy atom. The van der Waals surface area contributed by atoms with Crippen LogP contribution >= 0.6 is 0 Å². The molecule has 0 atom stereocenters. The van der Waals surface area contributed by atoms with Gasteiger partial charge in [0.15, 0.2) is 0 Å². The summed E-state index contributed by atoms with van der Waals surface area (Å²) in [5, 5.41) is 3.10. The number of ether oxygens (including phenoxy) is 1. The minimum atomic E-state index is -0.530. The molecule has 0 fully saturated rings. The molecule has 3 N–H and O–H groups in total. The molecule has 0 unspecified atom stereocenters. The average molecular weight is 188 g/mol. The van der Waals surface area contributed by atoms with Crippen LogP contribution < -0.4 is 10.9 Å². The van der Waals surface area contributed by atoms with Gasteiger partial charge < -0.3 is 4.74 Å². The van der Waals surface area contributed by atoms with Crippen molar-refractivity contribution >= 4 is 6.09 Å². The lowest BCUT2D eigenvalue weighted by Crippen LogP contribution is -2.42. The van der Waals surface area contributed by atoms with Gasteiger partial charge in [-0.3, -0.25) is 5.43 Å². The molecular formula is C7H16N4O2. The number of rotatable bonds is 4. The van der Waals surface area contributed by atoms with E-state index in [0.29, 0.717) is 13.1 Å². The summed E-state index contributed by atoms with van der Waals surface area (Å²) < 4.78 is 4.93. The summed E-state index contributed by atoms with van der Waals surface area (Å²) in [5.41, 5.74) is 10.9. The third-order valence-corrected chi connectivity index (χ3v) is 0.938. The van der Waals surface area contributed by atoms with Crippen molar-refractivity contribution in [1.82, 2.24) is 10.9 Å². The van der Waals surface area contributed by atoms with E-state index in [9.17, 15) is 4.79 Å². The van der Waals surface area contributed by atoms with Crippen molar-refractivity contribution in [2.45, 2.75) is 26.4 Å². The first-order valence-electron chi connectivity index (χ1n) is 4.01. The molecule has 0 spiro atoms. The zero-order chi connectivity index (χ0) is 10.3. The van der Waals surface area contributed by atoms with Gasteiger partial charge >= 0.3 is 6.09 Å². The van der Waals surface area contributed by atoms with Crippen molar-refractivity contribution in [3.05, 3.63) is 0 Å². The molecule has 0 bridgehead atoms. The molecule has 0 aromatic heterocycles. The molecule has 6 heteroatoms. The average Bonchev–Trinajstić information content (AvgIpc) is 1.94. The Labute approximate surface area is 77.5 Å². The van der Waals surface area contributed by atoms with Gasteiger partial charge in [0.05, 0.1) is 6.54 Å². The fraction of sp³-hybridized carbons (Fsp3) is 0.857. The van der Waals surface area contributed by atoms with Gasteiger partial charge in [0, 0.05) is 6.54 Å². The maximum absolute atomic E-state index is 10.9. The highest BCUT2D eigenvalue weighted by Gasteiger charge is 2.15. The molecule has 13 heavy (non-hydrogen) atoms. The van der Waals surface area contributed by atoms with E-state index in [1.54, 1.807) is 20.8 Å². The highest BCUT2D eigenvalue weighted by atomic mass is 16.6. The molecule has 0 saturated heterocycles. The van der Waals surface area contributed by atoms with Crippen LogP contribution in [0.15, 0.2) is 5.11 Å². The molecule has 0 saturated carbocycles. The number of carbonyl (C=O) groups is 1. The molecule has 0 aliphatic heterocycles. The predicted molar refractivity (Wildman–Crippen MR) is 47.4 cm³/mol. The van der Waals surface area contributed by atoms with E-state index >= 15 is 0 Å². The number of nitrogens with one attached hydrogen (secondary N) is 3. The van der Waals surface area contributed by atoms with E-state index in [0.717, 1.165) is 0 Å². The van der Waals surface area contributed by atoms with E-state index in [-0.39, 0.29) is 0 Å². The first-order chi connectivity index (χ1) is 5.95. The third kappa shape index (κ3) is 8.74. The second kappa shape index (κ2) is 5.47. The van der Waals surface area contributed by atoms with Gasteiger partial charge in [0.1, 0.15) is 5.60 Å². The SMILES string of the molecule is CC(C)(C)OC(=O)NNCCN=N. The summed E-state index contributed by atoms with van der Waals surface area (Å²) in [6.45, 7) is 6.10. The van der Waals surface area contributed by atoms with Gasteiger partial charge in [-0.2, -0.15) is 5.11 Å². The van der Waals surface area contributed by atoms with Crippen molar-refractivity contribution in [3.63, 3.8) is 0 Å². The van der Waals surface area contributed by atoms with E-state index < -0.39 is 11.7 Å². The minimum Gasteiger partial charge on any atom is -0.443 e. The summed E-state index contributed by atoms with van der Waals surface area (Å²) in [6, 6.07) is 0. The van der Waals surface area contributed by atoms with Crippen LogP contribution in [0.4, 0.5) is 4.79 Å². The lowest BCUT2D eigenvalue weighted by Gasteiger charge is -2.19. The van der Waals surface area contributed by atoms with E-state index in [1.807, 2.05) is 0 Å². The van der Waals surface area contributed by atoms with Crippen LogP contribution in [-0.4, -0.2) is 24.8 Å². The molecular weight excluding hydrogens is 172 g/mol. The summed E-state index contributed by atoms with van der Waals surface area (Å²) in [6.07, 6.45) is -0.530. The van der Waals surface area contributed by atoms with Gasteiger partial charge in [0.25, 0.3) is 0 Å². The number of hydrogen-bond donors (Lipinski definition) is 3. The first-order valence-corrected chi connectivity index (χ1v) is 4.01. The summed E-state index contributed by atoms with van der Waals surface area (Å²) in [5.74, 6) is 0.